The van der Waals surface area contributed by atoms with Crippen molar-refractivity contribution in [3.05, 3.63) is 51.2 Å². The van der Waals surface area contributed by atoms with Crippen LogP contribution in [0.25, 0.3) is 0 Å². The van der Waals surface area contributed by atoms with Crippen LogP contribution in [0.4, 0.5) is 5.69 Å². The highest BCUT2D eigenvalue weighted by atomic mass is 35.5. The number of hydrogen-bond donors (Lipinski definition) is 1. The Kier molecular flexibility index (Phi) is 4.68. The summed E-state index contributed by atoms with van der Waals surface area (Å²) in [7, 11) is 3.48. The van der Waals surface area contributed by atoms with Crippen molar-refractivity contribution in [3.63, 3.8) is 0 Å². The quantitative estimate of drug-likeness (QED) is 0.914. The van der Waals surface area contributed by atoms with Gasteiger partial charge in [0, 0.05) is 29.7 Å². The fraction of sp³-hybridized carbons (Fsp3) is 0.267. The number of rotatable bonds is 4. The third kappa shape index (κ3) is 3.32. The minimum Gasteiger partial charge on any atom is -0.377 e. The average molecular weight is 309 g/mol. The van der Waals surface area contributed by atoms with Crippen molar-refractivity contribution in [3.8, 4) is 0 Å². The Bertz CT molecular complexity index is 596. The molecule has 0 spiro atoms. The molecule has 2 rings (SSSR count). The van der Waals surface area contributed by atoms with Crippen LogP contribution >= 0.6 is 22.9 Å². The van der Waals surface area contributed by atoms with Gasteiger partial charge in [-0.15, -0.1) is 11.3 Å². The van der Waals surface area contributed by atoms with Gasteiger partial charge in [-0.3, -0.25) is 4.79 Å². The van der Waals surface area contributed by atoms with Crippen molar-refractivity contribution >= 4 is 34.5 Å². The number of amides is 1. The largest absolute Gasteiger partial charge is 0.377 e. The molecular formula is C15H17ClN2OS. The maximum Gasteiger partial charge on any atom is 0.255 e. The molecule has 1 atom stereocenters. The van der Waals surface area contributed by atoms with E-state index in [-0.39, 0.29) is 11.9 Å². The SMILES string of the molecule is CC(Nc1cc(Cl)ccc1C(=O)N(C)C)c1cccs1. The Morgan fingerprint density at radius 1 is 1.35 bits per heavy atom. The first kappa shape index (κ1) is 14.9. The highest BCUT2D eigenvalue weighted by molar-refractivity contribution is 7.10. The Hall–Kier alpha value is -1.52. The van der Waals surface area contributed by atoms with E-state index in [0.717, 1.165) is 5.69 Å². The molecule has 20 heavy (non-hydrogen) atoms. The smallest absolute Gasteiger partial charge is 0.255 e. The lowest BCUT2D eigenvalue weighted by Gasteiger charge is -2.19. The topological polar surface area (TPSA) is 32.3 Å². The van der Waals surface area contributed by atoms with E-state index in [1.165, 1.54) is 4.88 Å². The molecule has 1 amide bonds. The van der Waals surface area contributed by atoms with E-state index in [9.17, 15) is 4.79 Å². The van der Waals surface area contributed by atoms with Crippen LogP contribution in [-0.2, 0) is 0 Å². The Morgan fingerprint density at radius 2 is 2.10 bits per heavy atom. The summed E-state index contributed by atoms with van der Waals surface area (Å²) in [5.74, 6) is -0.0393. The van der Waals surface area contributed by atoms with Crippen LogP contribution in [0.15, 0.2) is 35.7 Å². The molecule has 0 aliphatic heterocycles. The van der Waals surface area contributed by atoms with Gasteiger partial charge in [0.15, 0.2) is 0 Å². The molecule has 1 N–H and O–H groups in total. The van der Waals surface area contributed by atoms with Crippen LogP contribution < -0.4 is 5.32 Å². The lowest BCUT2D eigenvalue weighted by molar-refractivity contribution is 0.0828. The van der Waals surface area contributed by atoms with Crippen LogP contribution in [0.1, 0.15) is 28.2 Å². The van der Waals surface area contributed by atoms with Crippen LogP contribution in [0.5, 0.6) is 0 Å². The van der Waals surface area contributed by atoms with E-state index in [0.29, 0.717) is 10.6 Å². The number of nitrogens with zero attached hydrogens (tertiary/aromatic N) is 1. The Labute approximate surface area is 128 Å². The van der Waals surface area contributed by atoms with Gasteiger partial charge < -0.3 is 10.2 Å². The first-order chi connectivity index (χ1) is 9.49. The normalized spacial score (nSPS) is 12.0. The average Bonchev–Trinajstić information content (AvgIpc) is 2.92. The summed E-state index contributed by atoms with van der Waals surface area (Å²) in [5, 5.41) is 6.02. The fourth-order valence-electron chi connectivity index (χ4n) is 1.91. The standard InChI is InChI=1S/C15H17ClN2OS/c1-10(14-5-4-8-20-14)17-13-9-11(16)6-7-12(13)15(19)18(2)3/h4-10,17H,1-3H3. The highest BCUT2D eigenvalue weighted by Crippen LogP contribution is 2.28. The van der Waals surface area contributed by atoms with Crippen LogP contribution in [0.2, 0.25) is 5.02 Å². The van der Waals surface area contributed by atoms with E-state index in [2.05, 4.69) is 18.3 Å². The molecule has 1 heterocycles. The highest BCUT2D eigenvalue weighted by Gasteiger charge is 2.16. The van der Waals surface area contributed by atoms with E-state index in [1.807, 2.05) is 11.4 Å². The number of benzene rings is 1. The van der Waals surface area contributed by atoms with Crippen molar-refractivity contribution in [2.75, 3.05) is 19.4 Å². The van der Waals surface area contributed by atoms with E-state index in [4.69, 9.17) is 11.6 Å². The van der Waals surface area contributed by atoms with Crippen molar-refractivity contribution in [2.24, 2.45) is 0 Å². The number of anilines is 1. The Balaban J connectivity index is 2.30. The molecule has 1 aromatic carbocycles. The van der Waals surface area contributed by atoms with Gasteiger partial charge in [0.2, 0.25) is 0 Å². The summed E-state index contributed by atoms with van der Waals surface area (Å²) in [4.78, 5) is 15.0. The number of thiophene rings is 1. The second-order valence-electron chi connectivity index (χ2n) is 4.77. The van der Waals surface area contributed by atoms with Gasteiger partial charge in [0.1, 0.15) is 0 Å². The molecule has 5 heteroatoms. The lowest BCUT2D eigenvalue weighted by Crippen LogP contribution is -2.23. The first-order valence-corrected chi connectivity index (χ1v) is 7.56. The molecule has 0 radical (unpaired) electrons. The van der Waals surface area contributed by atoms with E-state index >= 15 is 0 Å². The molecular weight excluding hydrogens is 292 g/mol. The summed E-state index contributed by atoms with van der Waals surface area (Å²) in [5.41, 5.74) is 1.39. The van der Waals surface area contributed by atoms with Crippen molar-refractivity contribution in [1.29, 1.82) is 0 Å². The number of halogens is 1. The Morgan fingerprint density at radius 3 is 2.70 bits per heavy atom. The maximum atomic E-state index is 12.2. The van der Waals surface area contributed by atoms with Gasteiger partial charge in [0.05, 0.1) is 11.6 Å². The maximum absolute atomic E-state index is 12.2. The lowest BCUT2D eigenvalue weighted by atomic mass is 10.1. The summed E-state index contributed by atoms with van der Waals surface area (Å²) in [6.07, 6.45) is 0. The minimum absolute atomic E-state index is 0.0393. The van der Waals surface area contributed by atoms with Crippen molar-refractivity contribution in [1.82, 2.24) is 4.90 Å². The molecule has 1 aromatic heterocycles. The van der Waals surface area contributed by atoms with Gasteiger partial charge in [-0.2, -0.15) is 0 Å². The van der Waals surface area contributed by atoms with E-state index < -0.39 is 0 Å². The third-order valence-electron chi connectivity index (χ3n) is 2.96. The monoisotopic (exact) mass is 308 g/mol. The molecule has 0 bridgehead atoms. The van der Waals surface area contributed by atoms with Gasteiger partial charge in [0.25, 0.3) is 5.91 Å². The first-order valence-electron chi connectivity index (χ1n) is 6.30. The predicted molar refractivity (Wildman–Crippen MR) is 85.8 cm³/mol. The van der Waals surface area contributed by atoms with Crippen LogP contribution in [0.3, 0.4) is 0 Å². The molecule has 1 unspecified atom stereocenters. The second-order valence-corrected chi connectivity index (χ2v) is 6.19. The molecule has 0 fully saturated rings. The molecule has 0 saturated heterocycles. The zero-order valence-corrected chi connectivity index (χ0v) is 13.3. The number of hydrogen-bond acceptors (Lipinski definition) is 3. The third-order valence-corrected chi connectivity index (χ3v) is 4.25. The molecule has 0 aliphatic rings. The van der Waals surface area contributed by atoms with Crippen LogP contribution in [0, 0.1) is 0 Å². The van der Waals surface area contributed by atoms with Crippen LogP contribution in [-0.4, -0.2) is 24.9 Å². The molecule has 0 saturated carbocycles. The van der Waals surface area contributed by atoms with Crippen molar-refractivity contribution in [2.45, 2.75) is 13.0 Å². The summed E-state index contributed by atoms with van der Waals surface area (Å²) >= 11 is 7.73. The van der Waals surface area contributed by atoms with Gasteiger partial charge in [-0.25, -0.2) is 0 Å². The fourth-order valence-corrected chi connectivity index (χ4v) is 2.81. The molecule has 0 aliphatic carbocycles. The van der Waals surface area contributed by atoms with Gasteiger partial charge in [-0.1, -0.05) is 17.7 Å². The minimum atomic E-state index is -0.0393. The summed E-state index contributed by atoms with van der Waals surface area (Å²) in [6.45, 7) is 2.07. The zero-order valence-electron chi connectivity index (χ0n) is 11.7. The number of carbonyl (C=O) groups is 1. The molecule has 2 aromatic rings. The molecule has 3 nitrogen and oxygen atoms in total. The van der Waals surface area contributed by atoms with Crippen molar-refractivity contribution < 1.29 is 4.79 Å². The predicted octanol–water partition coefficient (Wildman–Crippen LogP) is 4.28. The number of nitrogens with one attached hydrogen (secondary N) is 1. The van der Waals surface area contributed by atoms with E-state index in [1.54, 1.807) is 48.5 Å². The number of carbonyl (C=O) groups excluding carboxylic acids is 1. The van der Waals surface area contributed by atoms with Gasteiger partial charge >= 0.3 is 0 Å². The molecule has 106 valence electrons. The summed E-state index contributed by atoms with van der Waals surface area (Å²) in [6, 6.07) is 9.50. The second kappa shape index (κ2) is 6.29. The van der Waals surface area contributed by atoms with Gasteiger partial charge in [-0.05, 0) is 36.6 Å². The summed E-state index contributed by atoms with van der Waals surface area (Å²) < 4.78 is 0. The zero-order chi connectivity index (χ0) is 14.7.